The fourth-order valence-electron chi connectivity index (χ4n) is 1.20. The molecule has 0 bridgehead atoms. The van der Waals surface area contributed by atoms with E-state index in [4.69, 9.17) is 0 Å². The topological polar surface area (TPSA) is 19.4 Å². The van der Waals surface area contributed by atoms with E-state index >= 15 is 0 Å². The Morgan fingerprint density at radius 1 is 0.211 bits per heavy atom. The third-order valence-corrected chi connectivity index (χ3v) is 2.98. The van der Waals surface area contributed by atoms with Crippen molar-refractivity contribution in [3.05, 3.63) is 0 Å². The normalized spacial score (nSPS) is 11.1. The van der Waals surface area contributed by atoms with Gasteiger partial charge in [-0.1, -0.05) is 0 Å². The Bertz CT molecular complexity index is 544. The number of hydrogen-bond donors (Lipinski definition) is 0. The van der Waals surface area contributed by atoms with E-state index in [1.807, 2.05) is 0 Å². The van der Waals surface area contributed by atoms with E-state index in [0.717, 1.165) is 39.3 Å². The maximum Gasteiger partial charge on any atom is 2.00 e. The van der Waals surface area contributed by atoms with Gasteiger partial charge in [-0.2, -0.15) is 0 Å². The van der Waals surface area contributed by atoms with Crippen LogP contribution in [0.5, 0.6) is 0 Å². The molecule has 363 valence electrons. The first kappa shape index (κ1) is 92.9. The SMILES string of the molecule is CN(C)CCN(C)C.CN(C)CCN(C)C.CN(C)CCN(C)C.C[Si](C)(C)[Se-].C[Si](C)(C)[Se-].C[Si](C)(C)[Se-].C[Si](C)(C)[Se-].C[Si](C)(C)[Se-].C[Si](C)(C)[Se-].[Co+2].[Co+2].[Co+2]. The molecule has 6 nitrogen and oxygen atoms in total. The van der Waals surface area contributed by atoms with Crippen LogP contribution in [0.2, 0.25) is 118 Å². The number of nitrogens with zero attached hydrogens (tertiary/aromatic N) is 6. The molecule has 57 heavy (non-hydrogen) atoms. The van der Waals surface area contributed by atoms with Gasteiger partial charge in [0.15, 0.2) is 0 Å². The molecule has 0 saturated heterocycles. The van der Waals surface area contributed by atoms with Crippen LogP contribution in [0.1, 0.15) is 0 Å². The number of rotatable bonds is 9. The smallest absolute Gasteiger partial charge is 2.00 e. The largest absolute Gasteiger partial charge is 2.00 e. The Kier molecular flexibility index (Phi) is 85.8. The summed E-state index contributed by atoms with van der Waals surface area (Å²) in [7, 11) is 25.0. The fraction of sp³-hybridized carbons (Fsp3) is 1.00. The van der Waals surface area contributed by atoms with Crippen LogP contribution in [-0.4, -0.2) is 286 Å². The Hall–Kier alpha value is 5.70. The molecule has 0 aromatic carbocycles. The zero-order valence-electron chi connectivity index (χ0n) is 43.4. The third kappa shape index (κ3) is 513. The Labute approximate surface area is 448 Å². The summed E-state index contributed by atoms with van der Waals surface area (Å²) in [4.78, 5) is 13.1. The van der Waals surface area contributed by atoms with Crippen molar-refractivity contribution >= 4 is 132 Å². The molecule has 0 rings (SSSR count). The first-order valence-electron chi connectivity index (χ1n) is 19.0. The van der Waals surface area contributed by atoms with E-state index in [1.165, 1.54) is 0 Å². The van der Waals surface area contributed by atoms with Crippen molar-refractivity contribution in [1.29, 1.82) is 0 Å². The summed E-state index contributed by atoms with van der Waals surface area (Å²) < 4.78 is 0. The molecule has 0 aromatic rings. The van der Waals surface area contributed by atoms with Gasteiger partial charge < -0.3 is 29.4 Å². The van der Waals surface area contributed by atoms with Gasteiger partial charge in [0, 0.05) is 39.3 Å². The van der Waals surface area contributed by atoms with Crippen LogP contribution in [0.4, 0.5) is 0 Å². The van der Waals surface area contributed by atoms with Gasteiger partial charge in [0.05, 0.1) is 0 Å². The second kappa shape index (κ2) is 52.7. The van der Waals surface area contributed by atoms with Crippen molar-refractivity contribution < 1.29 is 50.3 Å². The maximum absolute atomic E-state index is 3.12. The van der Waals surface area contributed by atoms with Crippen LogP contribution in [0.15, 0.2) is 0 Å². The molecule has 0 aliphatic carbocycles. The van der Waals surface area contributed by atoms with Gasteiger partial charge in [0.25, 0.3) is 0 Å². The van der Waals surface area contributed by atoms with Crippen molar-refractivity contribution in [2.24, 2.45) is 0 Å². The standard InChI is InChI=1S/3C6H16N2.6C3H9SeSi.3Co/c3*1-7(2)5-6-8(3)4;6*1-5(2,3)4;;;/h3*5-6H2,1-4H3;6*1-3H3;;;/q;;;6*-1;3*+2. The van der Waals surface area contributed by atoms with Gasteiger partial charge in [0.1, 0.15) is 0 Å². The van der Waals surface area contributed by atoms with Crippen molar-refractivity contribution in [1.82, 2.24) is 29.4 Å². The summed E-state index contributed by atoms with van der Waals surface area (Å²) in [5.41, 5.74) is 0. The van der Waals surface area contributed by atoms with Crippen LogP contribution >= 0.6 is 0 Å². The summed E-state index contributed by atoms with van der Waals surface area (Å²) in [5.74, 6) is 0. The molecule has 0 N–H and O–H groups in total. The van der Waals surface area contributed by atoms with E-state index in [2.05, 4.69) is 324 Å². The van der Waals surface area contributed by atoms with Crippen molar-refractivity contribution in [3.8, 4) is 0 Å². The predicted octanol–water partition coefficient (Wildman–Crippen LogP) is 6.26. The van der Waals surface area contributed by atoms with Crippen molar-refractivity contribution in [2.45, 2.75) is 118 Å². The van der Waals surface area contributed by atoms with Gasteiger partial charge in [-0.25, -0.2) is 0 Å². The average molecular weight is 1440 g/mol. The minimum atomic E-state index is -0.736. The van der Waals surface area contributed by atoms with Gasteiger partial charge in [-0.15, -0.1) is 0 Å². The van der Waals surface area contributed by atoms with E-state index in [-0.39, 0.29) is 50.3 Å². The summed E-state index contributed by atoms with van der Waals surface area (Å²) >= 11 is 18.7. The second-order valence-corrected chi connectivity index (χ2v) is 92.1. The zero-order valence-corrected chi connectivity index (χ0v) is 62.8. The molecule has 3 radical (unpaired) electrons. The molecule has 0 aliphatic rings. The first-order valence-corrected chi connectivity index (χ1v) is 54.9. The predicted molar refractivity (Wildman–Crippen MR) is 286 cm³/mol. The molecule has 0 amide bonds. The molecule has 0 aromatic heterocycles. The minimum absolute atomic E-state index is 0. The van der Waals surface area contributed by atoms with Crippen LogP contribution in [0, 0.1) is 0 Å². The molecule has 0 atom stereocenters. The third-order valence-electron chi connectivity index (χ3n) is 2.98. The molecule has 0 unspecified atom stereocenters. The van der Waals surface area contributed by atoms with E-state index in [0.29, 0.717) is 0 Å². The molecule has 0 aliphatic heterocycles. The molecule has 0 saturated carbocycles. The van der Waals surface area contributed by atoms with E-state index < -0.39 is 40.1 Å². The van der Waals surface area contributed by atoms with Gasteiger partial charge in [-0.05, 0) is 84.6 Å². The molecule has 0 heterocycles. The van der Waals surface area contributed by atoms with Crippen LogP contribution in [0.25, 0.3) is 0 Å². The molecule has 0 fully saturated rings. The molecule has 21 heteroatoms. The zero-order chi connectivity index (χ0) is 46.7. The molecular weight excluding hydrogens is 1340 g/mol. The Morgan fingerprint density at radius 3 is 0.263 bits per heavy atom. The van der Waals surface area contributed by atoms with Crippen LogP contribution < -0.4 is 0 Å². The summed E-state index contributed by atoms with van der Waals surface area (Å²) in [6, 6.07) is 0. The van der Waals surface area contributed by atoms with Gasteiger partial charge in [-0.3, -0.25) is 0 Å². The summed E-state index contributed by atoms with van der Waals surface area (Å²) in [6.07, 6.45) is 0. The van der Waals surface area contributed by atoms with Gasteiger partial charge >= 0.3 is 300 Å². The monoisotopic (exact) mass is 1440 g/mol. The van der Waals surface area contributed by atoms with Gasteiger partial charge in [0.2, 0.25) is 0 Å². The maximum atomic E-state index is 3.12. The van der Waals surface area contributed by atoms with Crippen LogP contribution in [-0.2, 0) is 50.3 Å². The van der Waals surface area contributed by atoms with Crippen LogP contribution in [0.3, 0.4) is 0 Å². The second-order valence-electron chi connectivity index (χ2n) is 20.5. The number of likely N-dealkylation sites (N-methyl/N-ethyl adjacent to an activating group) is 6. The molecule has 0 spiro atoms. The Balaban J connectivity index is -0.0000000401. The summed E-state index contributed by atoms with van der Waals surface area (Å²) in [6.45, 7) is 43.3. The quantitative estimate of drug-likeness (QED) is 0.253. The van der Waals surface area contributed by atoms with Crippen molar-refractivity contribution in [3.63, 3.8) is 0 Å². The summed E-state index contributed by atoms with van der Waals surface area (Å²) in [5, 5.41) is 0. The average Bonchev–Trinajstić information content (AvgIpc) is 2.74. The van der Waals surface area contributed by atoms with E-state index in [1.54, 1.807) is 0 Å². The minimum Gasteiger partial charge on any atom is 2.00 e. The molecular formula is C36H102Co3N6Se6Si6. The van der Waals surface area contributed by atoms with E-state index in [9.17, 15) is 0 Å². The fourth-order valence-corrected chi connectivity index (χ4v) is 1.20. The first-order chi connectivity index (χ1) is 22.9. The number of hydrogen-bond acceptors (Lipinski definition) is 6. The van der Waals surface area contributed by atoms with Crippen molar-refractivity contribution in [2.75, 3.05) is 124 Å². The Morgan fingerprint density at radius 2 is 0.246 bits per heavy atom.